The second-order valence-corrected chi connectivity index (χ2v) is 8.26. The first kappa shape index (κ1) is 22.2. The third-order valence-electron chi connectivity index (χ3n) is 5.27. The number of nitrogens with zero attached hydrogens (tertiary/aromatic N) is 3. The van der Waals surface area contributed by atoms with Crippen molar-refractivity contribution in [2.75, 3.05) is 17.9 Å². The minimum atomic E-state index is -0.643. The summed E-state index contributed by atoms with van der Waals surface area (Å²) in [5.74, 6) is -1.92. The Kier molecular flexibility index (Phi) is 6.71. The van der Waals surface area contributed by atoms with Crippen LogP contribution in [0.2, 0.25) is 0 Å². The van der Waals surface area contributed by atoms with E-state index in [1.807, 2.05) is 13.0 Å². The van der Waals surface area contributed by atoms with Gasteiger partial charge in [0.25, 0.3) is 5.82 Å². The van der Waals surface area contributed by atoms with Crippen LogP contribution in [0, 0.1) is 11.6 Å². The maximum Gasteiger partial charge on any atom is 0.380 e. The zero-order chi connectivity index (χ0) is 22.7. The Hall–Kier alpha value is -2.98. The van der Waals surface area contributed by atoms with Crippen LogP contribution >= 0.6 is 11.9 Å². The summed E-state index contributed by atoms with van der Waals surface area (Å²) in [6.45, 7) is 5.34. The molecular weight excluding hydrogens is 438 g/mol. The fraction of sp³-hybridized carbons (Fsp3) is 0.318. The molecule has 0 saturated heterocycles. The molecule has 0 spiro atoms. The van der Waals surface area contributed by atoms with Crippen LogP contribution in [0.5, 0.6) is 0 Å². The maximum atomic E-state index is 13.6. The molecule has 0 saturated carbocycles. The van der Waals surface area contributed by atoms with E-state index < -0.39 is 17.6 Å². The number of benzene rings is 2. The Morgan fingerprint density at radius 1 is 1.25 bits per heavy atom. The molecule has 10 heteroatoms. The lowest BCUT2D eigenvalue weighted by Gasteiger charge is -2.34. The number of anilines is 1. The molecule has 0 amide bonds. The largest absolute Gasteiger partial charge is 0.460 e. The summed E-state index contributed by atoms with van der Waals surface area (Å²) in [6.07, 6.45) is 0.850. The minimum absolute atomic E-state index is 0.0964. The Labute approximate surface area is 188 Å². The highest BCUT2D eigenvalue weighted by Crippen LogP contribution is 2.31. The van der Waals surface area contributed by atoms with E-state index in [1.165, 1.54) is 29.6 Å². The molecule has 168 valence electrons. The van der Waals surface area contributed by atoms with Crippen LogP contribution in [0.25, 0.3) is 0 Å². The first-order valence-electron chi connectivity index (χ1n) is 10.2. The molecule has 1 aromatic heterocycles. The summed E-state index contributed by atoms with van der Waals surface area (Å²) in [6, 6.07) is 9.74. The molecule has 4 rings (SSSR count). The van der Waals surface area contributed by atoms with Crippen molar-refractivity contribution in [2.24, 2.45) is 0 Å². The SMILES string of the molecule is CCOC(=O)c1noc(NSc2ccc3c(c2)CN(C(C)c2cc(F)cc(F)c2)CC3)n1. The third kappa shape index (κ3) is 5.08. The van der Waals surface area contributed by atoms with Gasteiger partial charge in [-0.25, -0.2) is 13.6 Å². The van der Waals surface area contributed by atoms with Crippen molar-refractivity contribution in [2.45, 2.75) is 37.8 Å². The molecular formula is C22H22F2N4O3S. The molecule has 32 heavy (non-hydrogen) atoms. The second-order valence-electron chi connectivity index (χ2n) is 7.38. The smallest absolute Gasteiger partial charge is 0.380 e. The van der Waals surface area contributed by atoms with E-state index in [4.69, 9.17) is 9.26 Å². The van der Waals surface area contributed by atoms with E-state index >= 15 is 0 Å². The van der Waals surface area contributed by atoms with Gasteiger partial charge in [-0.15, -0.1) is 0 Å². The molecule has 1 unspecified atom stereocenters. The summed E-state index contributed by atoms with van der Waals surface area (Å²) in [7, 11) is 0. The number of carbonyl (C=O) groups is 1. The summed E-state index contributed by atoms with van der Waals surface area (Å²) in [5.41, 5.74) is 3.00. The van der Waals surface area contributed by atoms with Crippen molar-refractivity contribution in [1.29, 1.82) is 0 Å². The molecule has 1 aliphatic heterocycles. The van der Waals surface area contributed by atoms with E-state index in [2.05, 4.69) is 31.9 Å². The zero-order valence-corrected chi connectivity index (χ0v) is 18.4. The maximum absolute atomic E-state index is 13.6. The number of hydrogen-bond donors (Lipinski definition) is 1. The van der Waals surface area contributed by atoms with E-state index in [0.717, 1.165) is 29.5 Å². The average molecular weight is 461 g/mol. The number of fused-ring (bicyclic) bond motifs is 1. The number of carbonyl (C=O) groups excluding carboxylic acids is 1. The lowest BCUT2D eigenvalue weighted by molar-refractivity contribution is 0.0508. The third-order valence-corrected chi connectivity index (χ3v) is 6.04. The van der Waals surface area contributed by atoms with Gasteiger partial charge in [0.2, 0.25) is 0 Å². The molecule has 1 aliphatic rings. The lowest BCUT2D eigenvalue weighted by atomic mass is 9.97. The minimum Gasteiger partial charge on any atom is -0.460 e. The van der Waals surface area contributed by atoms with E-state index in [9.17, 15) is 13.6 Å². The number of nitrogens with one attached hydrogen (secondary N) is 1. The first-order chi connectivity index (χ1) is 15.4. The van der Waals surface area contributed by atoms with Gasteiger partial charge in [-0.05, 0) is 78.3 Å². The molecule has 7 nitrogen and oxygen atoms in total. The number of ether oxygens (including phenoxy) is 1. The van der Waals surface area contributed by atoms with Crippen molar-refractivity contribution >= 4 is 23.9 Å². The highest BCUT2D eigenvalue weighted by atomic mass is 32.2. The number of hydrogen-bond acceptors (Lipinski definition) is 8. The van der Waals surface area contributed by atoms with E-state index in [1.54, 1.807) is 6.92 Å². The van der Waals surface area contributed by atoms with Crippen LogP contribution in [0.15, 0.2) is 45.8 Å². The molecule has 0 radical (unpaired) electrons. The van der Waals surface area contributed by atoms with Crippen LogP contribution < -0.4 is 4.72 Å². The summed E-state index contributed by atoms with van der Waals surface area (Å²) in [4.78, 5) is 18.7. The molecule has 0 fully saturated rings. The molecule has 0 bridgehead atoms. The highest BCUT2D eigenvalue weighted by molar-refractivity contribution is 8.00. The van der Waals surface area contributed by atoms with Gasteiger partial charge in [0.1, 0.15) is 11.6 Å². The molecule has 1 N–H and O–H groups in total. The van der Waals surface area contributed by atoms with Gasteiger partial charge < -0.3 is 9.26 Å². The van der Waals surface area contributed by atoms with Gasteiger partial charge in [0.15, 0.2) is 0 Å². The van der Waals surface area contributed by atoms with Gasteiger partial charge in [-0.3, -0.25) is 9.62 Å². The van der Waals surface area contributed by atoms with Crippen molar-refractivity contribution in [3.05, 3.63) is 70.5 Å². The Morgan fingerprint density at radius 2 is 2.03 bits per heavy atom. The quantitative estimate of drug-likeness (QED) is 0.399. The topological polar surface area (TPSA) is 80.5 Å². The number of rotatable bonds is 7. The van der Waals surface area contributed by atoms with E-state index in [-0.39, 0.29) is 24.5 Å². The fourth-order valence-corrected chi connectivity index (χ4v) is 4.25. The van der Waals surface area contributed by atoms with Crippen LogP contribution in [0.1, 0.15) is 47.2 Å². The molecule has 0 aliphatic carbocycles. The van der Waals surface area contributed by atoms with Crippen LogP contribution in [-0.4, -0.2) is 34.2 Å². The lowest BCUT2D eigenvalue weighted by Crippen LogP contribution is -2.33. The van der Waals surface area contributed by atoms with Crippen LogP contribution in [0.3, 0.4) is 0 Å². The first-order valence-corrected chi connectivity index (χ1v) is 11.0. The van der Waals surface area contributed by atoms with Crippen LogP contribution in [0.4, 0.5) is 14.8 Å². The van der Waals surface area contributed by atoms with Crippen molar-refractivity contribution in [1.82, 2.24) is 15.0 Å². The standard InChI is InChI=1S/C22H22F2N4O3S/c1-3-30-21(29)20-25-22(31-26-20)27-32-19-5-4-14-6-7-28(12-16(14)10-19)13(2)15-8-17(23)11-18(24)9-15/h4-5,8-11,13H,3,6-7,12H2,1-2H3,(H,25,26,27). The normalized spacial score (nSPS) is 14.6. The molecule has 2 aromatic carbocycles. The molecule has 1 atom stereocenters. The van der Waals surface area contributed by atoms with Gasteiger partial charge in [0, 0.05) is 30.1 Å². The van der Waals surface area contributed by atoms with E-state index in [0.29, 0.717) is 12.1 Å². The Morgan fingerprint density at radius 3 is 2.78 bits per heavy atom. The van der Waals surface area contributed by atoms with Gasteiger partial charge in [-0.1, -0.05) is 6.07 Å². The summed E-state index contributed by atoms with van der Waals surface area (Å²) in [5, 5.41) is 3.59. The molecule has 3 aromatic rings. The van der Waals surface area contributed by atoms with Gasteiger partial charge in [0.05, 0.1) is 6.61 Å². The monoisotopic (exact) mass is 460 g/mol. The Balaban J connectivity index is 1.42. The zero-order valence-electron chi connectivity index (χ0n) is 17.6. The van der Waals surface area contributed by atoms with Crippen molar-refractivity contribution in [3.63, 3.8) is 0 Å². The van der Waals surface area contributed by atoms with Gasteiger partial charge >= 0.3 is 12.0 Å². The average Bonchev–Trinajstić information content (AvgIpc) is 3.25. The van der Waals surface area contributed by atoms with Crippen LogP contribution in [-0.2, 0) is 17.7 Å². The molecule has 2 heterocycles. The number of halogens is 2. The van der Waals surface area contributed by atoms with Crippen molar-refractivity contribution < 1.29 is 22.8 Å². The van der Waals surface area contributed by atoms with Crippen molar-refractivity contribution in [3.8, 4) is 0 Å². The predicted molar refractivity (Wildman–Crippen MR) is 115 cm³/mol. The predicted octanol–water partition coefficient (Wildman–Crippen LogP) is 4.76. The highest BCUT2D eigenvalue weighted by Gasteiger charge is 2.23. The summed E-state index contributed by atoms with van der Waals surface area (Å²) >= 11 is 1.28. The second kappa shape index (κ2) is 9.66. The van der Waals surface area contributed by atoms with Gasteiger partial charge in [-0.2, -0.15) is 4.98 Å². The number of aromatic nitrogens is 2. The summed E-state index contributed by atoms with van der Waals surface area (Å²) < 4.78 is 40.1. The fourth-order valence-electron chi connectivity index (χ4n) is 3.62. The Bertz CT molecular complexity index is 1100. The number of esters is 1.